The molecule has 2 heterocycles. The van der Waals surface area contributed by atoms with Crippen molar-refractivity contribution in [2.24, 2.45) is 0 Å². The van der Waals surface area contributed by atoms with Crippen molar-refractivity contribution in [2.75, 3.05) is 24.5 Å². The molecule has 100 valence electrons. The van der Waals surface area contributed by atoms with Crippen molar-refractivity contribution in [2.45, 2.75) is 13.0 Å². The Morgan fingerprint density at radius 1 is 1.42 bits per heavy atom. The summed E-state index contributed by atoms with van der Waals surface area (Å²) in [5.41, 5.74) is 1.08. The molecule has 1 aromatic carbocycles. The summed E-state index contributed by atoms with van der Waals surface area (Å²) < 4.78 is 1.20. The van der Waals surface area contributed by atoms with Crippen molar-refractivity contribution < 1.29 is 0 Å². The van der Waals surface area contributed by atoms with Gasteiger partial charge >= 0.3 is 0 Å². The fourth-order valence-electron chi connectivity index (χ4n) is 2.27. The number of piperazine rings is 1. The van der Waals surface area contributed by atoms with E-state index in [1.54, 1.807) is 0 Å². The average Bonchev–Trinajstić information content (AvgIpc) is 2.88. The SMILES string of the molecule is C[C@@H]1CN(c2n[nH]c(-c3cccc(I)c3)n2)CCN1. The van der Waals surface area contributed by atoms with Crippen LogP contribution in [0.2, 0.25) is 0 Å². The predicted octanol–water partition coefficient (Wildman–Crippen LogP) is 1.87. The average molecular weight is 369 g/mol. The Morgan fingerprint density at radius 2 is 2.32 bits per heavy atom. The van der Waals surface area contributed by atoms with Crippen molar-refractivity contribution in [1.29, 1.82) is 0 Å². The van der Waals surface area contributed by atoms with Crippen LogP contribution in [0.5, 0.6) is 0 Å². The zero-order chi connectivity index (χ0) is 13.2. The van der Waals surface area contributed by atoms with E-state index in [4.69, 9.17) is 0 Å². The lowest BCUT2D eigenvalue weighted by atomic mass is 10.2. The van der Waals surface area contributed by atoms with Crippen LogP contribution in [-0.2, 0) is 0 Å². The molecule has 2 N–H and O–H groups in total. The number of benzene rings is 1. The number of hydrogen-bond donors (Lipinski definition) is 2. The molecule has 2 aromatic rings. The lowest BCUT2D eigenvalue weighted by Crippen LogP contribution is -2.49. The molecule has 3 rings (SSSR count). The maximum atomic E-state index is 4.61. The van der Waals surface area contributed by atoms with E-state index in [0.29, 0.717) is 6.04 Å². The third-order valence-corrected chi connectivity index (χ3v) is 3.89. The Kier molecular flexibility index (Phi) is 3.69. The van der Waals surface area contributed by atoms with Gasteiger partial charge in [0.15, 0.2) is 5.82 Å². The number of nitrogens with zero attached hydrogens (tertiary/aromatic N) is 3. The second kappa shape index (κ2) is 5.46. The molecule has 0 unspecified atom stereocenters. The van der Waals surface area contributed by atoms with Gasteiger partial charge in [-0.25, -0.2) is 0 Å². The fraction of sp³-hybridized carbons (Fsp3) is 0.385. The van der Waals surface area contributed by atoms with Crippen molar-refractivity contribution >= 4 is 28.5 Å². The van der Waals surface area contributed by atoms with Gasteiger partial charge in [0.2, 0.25) is 5.95 Å². The van der Waals surface area contributed by atoms with Gasteiger partial charge in [0.1, 0.15) is 0 Å². The molecule has 19 heavy (non-hydrogen) atoms. The first-order chi connectivity index (χ1) is 9.22. The zero-order valence-corrected chi connectivity index (χ0v) is 12.9. The number of rotatable bonds is 2. The van der Waals surface area contributed by atoms with Gasteiger partial charge in [-0.05, 0) is 41.6 Å². The van der Waals surface area contributed by atoms with Crippen LogP contribution in [0.15, 0.2) is 24.3 Å². The lowest BCUT2D eigenvalue weighted by Gasteiger charge is -2.30. The third kappa shape index (κ3) is 2.89. The van der Waals surface area contributed by atoms with Gasteiger partial charge in [-0.15, -0.1) is 5.10 Å². The van der Waals surface area contributed by atoms with Gasteiger partial charge in [-0.1, -0.05) is 12.1 Å². The van der Waals surface area contributed by atoms with E-state index in [9.17, 15) is 0 Å². The topological polar surface area (TPSA) is 56.8 Å². The summed E-state index contributed by atoms with van der Waals surface area (Å²) in [6.45, 7) is 5.06. The summed E-state index contributed by atoms with van der Waals surface area (Å²) in [6, 6.07) is 8.73. The second-order valence-corrected chi connectivity index (χ2v) is 6.04. The van der Waals surface area contributed by atoms with Gasteiger partial charge in [-0.2, -0.15) is 4.98 Å². The fourth-order valence-corrected chi connectivity index (χ4v) is 2.82. The minimum atomic E-state index is 0.480. The molecule has 0 spiro atoms. The maximum Gasteiger partial charge on any atom is 0.245 e. The van der Waals surface area contributed by atoms with Crippen molar-refractivity contribution in [3.05, 3.63) is 27.8 Å². The molecular formula is C13H16IN5. The summed E-state index contributed by atoms with van der Waals surface area (Å²) in [5, 5.41) is 10.8. The lowest BCUT2D eigenvalue weighted by molar-refractivity contribution is 0.480. The van der Waals surface area contributed by atoms with Crippen LogP contribution in [0.25, 0.3) is 11.4 Å². The van der Waals surface area contributed by atoms with E-state index in [0.717, 1.165) is 37.0 Å². The first-order valence-electron chi connectivity index (χ1n) is 6.39. The summed E-state index contributed by atoms with van der Waals surface area (Å²) in [6.07, 6.45) is 0. The highest BCUT2D eigenvalue weighted by molar-refractivity contribution is 14.1. The monoisotopic (exact) mass is 369 g/mol. The number of nitrogens with one attached hydrogen (secondary N) is 2. The normalized spacial score (nSPS) is 19.7. The predicted molar refractivity (Wildman–Crippen MR) is 84.2 cm³/mol. The molecular weight excluding hydrogens is 353 g/mol. The molecule has 1 aliphatic heterocycles. The summed E-state index contributed by atoms with van der Waals surface area (Å²) in [5.74, 6) is 1.63. The van der Waals surface area contributed by atoms with Crippen molar-refractivity contribution in [3.63, 3.8) is 0 Å². The molecule has 0 radical (unpaired) electrons. The van der Waals surface area contributed by atoms with E-state index >= 15 is 0 Å². The molecule has 1 aromatic heterocycles. The molecule has 0 bridgehead atoms. The van der Waals surface area contributed by atoms with E-state index in [1.807, 2.05) is 12.1 Å². The largest absolute Gasteiger partial charge is 0.337 e. The molecule has 6 heteroatoms. The number of aromatic nitrogens is 3. The van der Waals surface area contributed by atoms with Crippen LogP contribution in [0, 0.1) is 3.57 Å². The van der Waals surface area contributed by atoms with Crippen LogP contribution in [0.1, 0.15) is 6.92 Å². The van der Waals surface area contributed by atoms with Gasteiger partial charge in [0, 0.05) is 34.8 Å². The van der Waals surface area contributed by atoms with Crippen molar-refractivity contribution in [3.8, 4) is 11.4 Å². The van der Waals surface area contributed by atoms with Gasteiger partial charge < -0.3 is 10.2 Å². The number of H-pyrrole nitrogens is 1. The molecule has 1 aliphatic rings. The highest BCUT2D eigenvalue weighted by Crippen LogP contribution is 2.20. The first-order valence-corrected chi connectivity index (χ1v) is 7.47. The molecule has 5 nitrogen and oxygen atoms in total. The van der Waals surface area contributed by atoms with Crippen LogP contribution >= 0.6 is 22.6 Å². The number of aromatic amines is 1. The van der Waals surface area contributed by atoms with Gasteiger partial charge in [0.25, 0.3) is 0 Å². The Labute approximate surface area is 125 Å². The first kappa shape index (κ1) is 12.9. The molecule has 0 saturated carbocycles. The molecule has 1 fully saturated rings. The van der Waals surface area contributed by atoms with Crippen LogP contribution in [0.3, 0.4) is 0 Å². The Bertz CT molecular complexity index is 568. The third-order valence-electron chi connectivity index (χ3n) is 3.22. The highest BCUT2D eigenvalue weighted by Gasteiger charge is 2.19. The van der Waals surface area contributed by atoms with E-state index in [1.165, 1.54) is 3.57 Å². The van der Waals surface area contributed by atoms with E-state index < -0.39 is 0 Å². The standard InChI is InChI=1S/C13H16IN5/c1-9-8-19(6-5-15-9)13-16-12(17-18-13)10-3-2-4-11(14)7-10/h2-4,7,9,15H,5-6,8H2,1H3,(H,16,17,18)/t9-/m1/s1. The Balaban J connectivity index is 1.83. The zero-order valence-electron chi connectivity index (χ0n) is 10.7. The highest BCUT2D eigenvalue weighted by atomic mass is 127. The smallest absolute Gasteiger partial charge is 0.245 e. The Hall–Kier alpha value is -1.15. The molecule has 0 aliphatic carbocycles. The summed E-state index contributed by atoms with van der Waals surface area (Å²) in [7, 11) is 0. The van der Waals surface area contributed by atoms with Crippen molar-refractivity contribution in [1.82, 2.24) is 20.5 Å². The van der Waals surface area contributed by atoms with E-state index in [2.05, 4.69) is 67.0 Å². The van der Waals surface area contributed by atoms with Crippen LogP contribution < -0.4 is 10.2 Å². The second-order valence-electron chi connectivity index (χ2n) is 4.80. The van der Waals surface area contributed by atoms with Crippen LogP contribution in [-0.4, -0.2) is 40.9 Å². The Morgan fingerprint density at radius 3 is 3.11 bits per heavy atom. The number of halogens is 1. The van der Waals surface area contributed by atoms with Gasteiger partial charge in [0.05, 0.1) is 0 Å². The number of hydrogen-bond acceptors (Lipinski definition) is 4. The minimum absolute atomic E-state index is 0.480. The van der Waals surface area contributed by atoms with E-state index in [-0.39, 0.29) is 0 Å². The van der Waals surface area contributed by atoms with Gasteiger partial charge in [-0.3, -0.25) is 5.10 Å². The quantitative estimate of drug-likeness (QED) is 0.794. The maximum absolute atomic E-state index is 4.61. The van der Waals surface area contributed by atoms with Crippen LogP contribution in [0.4, 0.5) is 5.95 Å². The molecule has 1 atom stereocenters. The summed E-state index contributed by atoms with van der Waals surface area (Å²) in [4.78, 5) is 6.83. The molecule has 0 amide bonds. The minimum Gasteiger partial charge on any atom is -0.337 e. The summed E-state index contributed by atoms with van der Waals surface area (Å²) >= 11 is 2.30. The molecule has 1 saturated heterocycles. The number of anilines is 1.